The molecule has 0 saturated heterocycles. The minimum Gasteiger partial charge on any atom is -0.459 e. The van der Waals surface area contributed by atoms with E-state index in [0.29, 0.717) is 23.1 Å². The molecule has 152 valence electrons. The number of non-ortho nitro benzene ring substituents is 1. The molecule has 0 bridgehead atoms. The average Bonchev–Trinajstić information content (AvgIpc) is 3.41. The van der Waals surface area contributed by atoms with Crippen LogP contribution in [0.3, 0.4) is 0 Å². The number of hydrogen-bond acceptors (Lipinski definition) is 7. The molecule has 4 rings (SSSR count). The zero-order chi connectivity index (χ0) is 21.1. The van der Waals surface area contributed by atoms with E-state index in [4.69, 9.17) is 4.42 Å². The standard InChI is InChI=1S/C19H16N6O5/c26-18(16-5-2-8-30-16)20-6-7-24-17-15(10-22-24)19(27)23(12-21-17)11-13-3-1-4-14(9-13)25(28)29/h1-5,8-10,12H,6-7,11H2,(H,20,26). The average molecular weight is 408 g/mol. The van der Waals surface area contributed by atoms with E-state index < -0.39 is 4.92 Å². The van der Waals surface area contributed by atoms with Crippen LogP contribution in [0.5, 0.6) is 0 Å². The number of aromatic nitrogens is 4. The molecule has 0 saturated carbocycles. The zero-order valence-corrected chi connectivity index (χ0v) is 15.6. The molecule has 30 heavy (non-hydrogen) atoms. The van der Waals surface area contributed by atoms with Crippen molar-refractivity contribution in [2.75, 3.05) is 6.54 Å². The van der Waals surface area contributed by atoms with Crippen LogP contribution >= 0.6 is 0 Å². The van der Waals surface area contributed by atoms with Gasteiger partial charge < -0.3 is 9.73 Å². The summed E-state index contributed by atoms with van der Waals surface area (Å²) in [5.74, 6) is -0.133. The Kier molecular flexibility index (Phi) is 5.08. The quantitative estimate of drug-likeness (QED) is 0.362. The molecule has 0 spiro atoms. The summed E-state index contributed by atoms with van der Waals surface area (Å²) in [5, 5.41) is 18.1. The summed E-state index contributed by atoms with van der Waals surface area (Å²) in [6.45, 7) is 0.736. The zero-order valence-electron chi connectivity index (χ0n) is 15.6. The van der Waals surface area contributed by atoms with Gasteiger partial charge in [-0.25, -0.2) is 9.67 Å². The summed E-state index contributed by atoms with van der Waals surface area (Å²) >= 11 is 0. The highest BCUT2D eigenvalue weighted by molar-refractivity contribution is 5.91. The van der Waals surface area contributed by atoms with Crippen molar-refractivity contribution in [1.29, 1.82) is 0 Å². The highest BCUT2D eigenvalue weighted by atomic mass is 16.6. The van der Waals surface area contributed by atoms with E-state index in [1.54, 1.807) is 24.3 Å². The molecule has 0 aliphatic carbocycles. The maximum atomic E-state index is 12.8. The molecule has 3 heterocycles. The molecule has 0 aliphatic heterocycles. The molecule has 1 N–H and O–H groups in total. The van der Waals surface area contributed by atoms with Gasteiger partial charge in [0.15, 0.2) is 11.4 Å². The van der Waals surface area contributed by atoms with Crippen LogP contribution in [0.25, 0.3) is 11.0 Å². The summed E-state index contributed by atoms with van der Waals surface area (Å²) in [6, 6.07) is 9.26. The number of carbonyl (C=O) groups excluding carboxylic acids is 1. The van der Waals surface area contributed by atoms with Crippen LogP contribution in [-0.2, 0) is 13.1 Å². The van der Waals surface area contributed by atoms with Crippen molar-refractivity contribution in [2.24, 2.45) is 0 Å². The first-order valence-corrected chi connectivity index (χ1v) is 8.99. The number of amides is 1. The summed E-state index contributed by atoms with van der Waals surface area (Å²) in [6.07, 6.45) is 4.21. The molecule has 0 atom stereocenters. The van der Waals surface area contributed by atoms with Crippen molar-refractivity contribution >= 4 is 22.6 Å². The summed E-state index contributed by atoms with van der Waals surface area (Å²) in [7, 11) is 0. The lowest BCUT2D eigenvalue weighted by Crippen LogP contribution is -2.27. The van der Waals surface area contributed by atoms with Gasteiger partial charge in [-0.2, -0.15) is 5.10 Å². The fraction of sp³-hybridized carbons (Fsp3) is 0.158. The number of nitrogens with one attached hydrogen (secondary N) is 1. The number of furan rings is 1. The number of nitro groups is 1. The Labute approximate surface area is 168 Å². The van der Waals surface area contributed by atoms with Crippen LogP contribution in [0.4, 0.5) is 5.69 Å². The van der Waals surface area contributed by atoms with Crippen molar-refractivity contribution in [3.63, 3.8) is 0 Å². The predicted octanol–water partition coefficient (Wildman–Crippen LogP) is 1.57. The van der Waals surface area contributed by atoms with E-state index in [0.717, 1.165) is 0 Å². The maximum Gasteiger partial charge on any atom is 0.287 e. The third kappa shape index (κ3) is 3.81. The second-order valence-corrected chi connectivity index (χ2v) is 6.44. The number of nitro benzene ring substituents is 1. The van der Waals surface area contributed by atoms with Gasteiger partial charge in [-0.05, 0) is 17.7 Å². The molecule has 11 heteroatoms. The normalized spacial score (nSPS) is 10.9. The Hall–Kier alpha value is -4.28. The topological polar surface area (TPSA) is 138 Å². The highest BCUT2D eigenvalue weighted by Gasteiger charge is 2.13. The van der Waals surface area contributed by atoms with Crippen LogP contribution in [0.2, 0.25) is 0 Å². The van der Waals surface area contributed by atoms with Crippen LogP contribution in [0.1, 0.15) is 16.1 Å². The highest BCUT2D eigenvalue weighted by Crippen LogP contribution is 2.14. The van der Waals surface area contributed by atoms with E-state index in [-0.39, 0.29) is 36.0 Å². The van der Waals surface area contributed by atoms with Crippen molar-refractivity contribution in [3.05, 3.63) is 87.0 Å². The van der Waals surface area contributed by atoms with Gasteiger partial charge in [0.1, 0.15) is 11.7 Å². The second kappa shape index (κ2) is 7.99. The first-order valence-electron chi connectivity index (χ1n) is 8.99. The lowest BCUT2D eigenvalue weighted by atomic mass is 10.2. The molecule has 0 aliphatic rings. The van der Waals surface area contributed by atoms with Gasteiger partial charge >= 0.3 is 0 Å². The fourth-order valence-electron chi connectivity index (χ4n) is 3.01. The number of carbonyl (C=O) groups is 1. The van der Waals surface area contributed by atoms with E-state index in [2.05, 4.69) is 15.4 Å². The van der Waals surface area contributed by atoms with Gasteiger partial charge in [-0.1, -0.05) is 12.1 Å². The number of rotatable bonds is 7. The van der Waals surface area contributed by atoms with Crippen molar-refractivity contribution in [2.45, 2.75) is 13.1 Å². The van der Waals surface area contributed by atoms with Crippen LogP contribution in [0, 0.1) is 10.1 Å². The van der Waals surface area contributed by atoms with Crippen molar-refractivity contribution < 1.29 is 14.1 Å². The minimum atomic E-state index is -0.484. The first-order chi connectivity index (χ1) is 14.5. The maximum absolute atomic E-state index is 12.8. The third-order valence-corrected chi connectivity index (χ3v) is 4.45. The Bertz CT molecular complexity index is 1270. The first kappa shape index (κ1) is 19.1. The molecule has 3 aromatic heterocycles. The molecular weight excluding hydrogens is 392 g/mol. The van der Waals surface area contributed by atoms with Gasteiger partial charge in [0.25, 0.3) is 17.2 Å². The monoisotopic (exact) mass is 408 g/mol. The molecule has 0 unspecified atom stereocenters. The SMILES string of the molecule is O=C(NCCn1ncc2c(=O)n(Cc3cccc([N+](=O)[O-])c3)cnc21)c1ccco1. The Morgan fingerprint density at radius 3 is 2.90 bits per heavy atom. The lowest BCUT2D eigenvalue weighted by Gasteiger charge is -2.07. The van der Waals surface area contributed by atoms with Crippen molar-refractivity contribution in [3.8, 4) is 0 Å². The molecule has 11 nitrogen and oxygen atoms in total. The van der Waals surface area contributed by atoms with Crippen LogP contribution in [0.15, 0.2) is 64.4 Å². The summed E-state index contributed by atoms with van der Waals surface area (Å²) < 4.78 is 7.92. The fourth-order valence-corrected chi connectivity index (χ4v) is 3.01. The van der Waals surface area contributed by atoms with Gasteiger partial charge in [0, 0.05) is 18.7 Å². The van der Waals surface area contributed by atoms with Gasteiger partial charge in [0.2, 0.25) is 0 Å². The number of fused-ring (bicyclic) bond motifs is 1. The summed E-state index contributed by atoms with van der Waals surface area (Å²) in [5.41, 5.74) is 0.652. The van der Waals surface area contributed by atoms with Crippen molar-refractivity contribution in [1.82, 2.24) is 24.6 Å². The largest absolute Gasteiger partial charge is 0.459 e. The van der Waals surface area contributed by atoms with Gasteiger partial charge in [-0.15, -0.1) is 0 Å². The minimum absolute atomic E-state index is 0.0426. The number of nitrogens with zero attached hydrogens (tertiary/aromatic N) is 5. The van der Waals surface area contributed by atoms with Gasteiger partial charge in [-0.3, -0.25) is 24.3 Å². The van der Waals surface area contributed by atoms with E-state index in [9.17, 15) is 19.7 Å². The van der Waals surface area contributed by atoms with Crippen LogP contribution in [-0.4, -0.2) is 36.7 Å². The molecule has 0 radical (unpaired) electrons. The summed E-state index contributed by atoms with van der Waals surface area (Å²) in [4.78, 5) is 39.4. The number of hydrogen-bond donors (Lipinski definition) is 1. The van der Waals surface area contributed by atoms with E-state index >= 15 is 0 Å². The van der Waals surface area contributed by atoms with E-state index in [1.807, 2.05) is 0 Å². The lowest BCUT2D eigenvalue weighted by molar-refractivity contribution is -0.384. The third-order valence-electron chi connectivity index (χ3n) is 4.45. The molecule has 1 amide bonds. The smallest absolute Gasteiger partial charge is 0.287 e. The Morgan fingerprint density at radius 1 is 1.27 bits per heavy atom. The van der Waals surface area contributed by atoms with Crippen LogP contribution < -0.4 is 10.9 Å². The van der Waals surface area contributed by atoms with E-state index in [1.165, 1.54) is 40.2 Å². The van der Waals surface area contributed by atoms with Gasteiger partial charge in [0.05, 0.1) is 30.5 Å². The molecular formula is C19H16N6O5. The Morgan fingerprint density at radius 2 is 2.13 bits per heavy atom. The Balaban J connectivity index is 1.49. The number of benzene rings is 1. The second-order valence-electron chi connectivity index (χ2n) is 6.44. The molecule has 0 fully saturated rings. The molecule has 4 aromatic rings. The molecule has 1 aromatic carbocycles. The predicted molar refractivity (Wildman–Crippen MR) is 105 cm³/mol.